The van der Waals surface area contributed by atoms with Gasteiger partial charge in [-0.15, -0.1) is 11.8 Å². The van der Waals surface area contributed by atoms with Crippen LogP contribution in [0.25, 0.3) is 0 Å². The highest BCUT2D eigenvalue weighted by atomic mass is 32.2. The van der Waals surface area contributed by atoms with Gasteiger partial charge in [0.25, 0.3) is 5.91 Å². The predicted molar refractivity (Wildman–Crippen MR) is 109 cm³/mol. The van der Waals surface area contributed by atoms with Gasteiger partial charge < -0.3 is 9.80 Å². The molecule has 3 rings (SSSR count). The minimum absolute atomic E-state index is 0.0156. The molecule has 0 radical (unpaired) electrons. The third-order valence-corrected chi connectivity index (χ3v) is 6.21. The molecule has 0 bridgehead atoms. The number of nitrogens with zero attached hydrogens (tertiary/aromatic N) is 1. The van der Waals surface area contributed by atoms with E-state index in [1.54, 1.807) is 28.8 Å². The van der Waals surface area contributed by atoms with E-state index in [1.807, 2.05) is 13.8 Å². The molecule has 156 valence electrons. The Hall–Kier alpha value is -1.99. The number of carbonyl (C=O) groups excluding carboxylic acids is 1. The van der Waals surface area contributed by atoms with Gasteiger partial charge in [-0.2, -0.15) is 0 Å². The van der Waals surface area contributed by atoms with Crippen LogP contribution in [-0.4, -0.2) is 36.2 Å². The Balaban J connectivity index is 1.74. The largest absolute Gasteiger partial charge is 0.323 e. The quantitative estimate of drug-likeness (QED) is 0.738. The summed E-state index contributed by atoms with van der Waals surface area (Å²) in [7, 11) is 0. The van der Waals surface area contributed by atoms with Crippen molar-refractivity contribution in [3.63, 3.8) is 0 Å². The van der Waals surface area contributed by atoms with Gasteiger partial charge >= 0.3 is 0 Å². The fourth-order valence-corrected chi connectivity index (χ4v) is 4.96. The first-order valence-corrected chi connectivity index (χ1v) is 10.8. The van der Waals surface area contributed by atoms with Crippen LogP contribution in [0.2, 0.25) is 0 Å². The molecule has 1 saturated heterocycles. The number of benzene rings is 2. The number of amides is 1. The second kappa shape index (κ2) is 9.67. The van der Waals surface area contributed by atoms with Crippen LogP contribution >= 0.6 is 11.8 Å². The summed E-state index contributed by atoms with van der Waals surface area (Å²) in [6.45, 7) is 5.55. The second-order valence-corrected chi connectivity index (χ2v) is 8.95. The zero-order valence-electron chi connectivity index (χ0n) is 16.6. The molecule has 3 nitrogen and oxygen atoms in total. The number of hydrogen-bond donors (Lipinski definition) is 1. The Morgan fingerprint density at radius 1 is 1.14 bits per heavy atom. The molecule has 1 aliphatic rings. The molecule has 0 saturated carbocycles. The van der Waals surface area contributed by atoms with Gasteiger partial charge in [0.15, 0.2) is 6.54 Å². The fraction of sp³-hybridized carbons (Fsp3) is 0.409. The van der Waals surface area contributed by atoms with Crippen molar-refractivity contribution in [1.82, 2.24) is 4.90 Å². The normalized spacial score (nSPS) is 17.7. The number of quaternary nitrogens is 1. The van der Waals surface area contributed by atoms with E-state index in [-0.39, 0.29) is 41.7 Å². The summed E-state index contributed by atoms with van der Waals surface area (Å²) in [4.78, 5) is 15.7. The van der Waals surface area contributed by atoms with Crippen LogP contribution in [0, 0.1) is 23.4 Å². The molecule has 1 amide bonds. The van der Waals surface area contributed by atoms with E-state index >= 15 is 0 Å². The first-order valence-electron chi connectivity index (χ1n) is 9.78. The van der Waals surface area contributed by atoms with Crippen molar-refractivity contribution >= 4 is 17.7 Å². The van der Waals surface area contributed by atoms with E-state index in [1.165, 1.54) is 30.3 Å². The van der Waals surface area contributed by atoms with E-state index in [4.69, 9.17) is 0 Å². The molecule has 1 aliphatic heterocycles. The van der Waals surface area contributed by atoms with Gasteiger partial charge in [-0.3, -0.25) is 4.79 Å². The third-order valence-electron chi connectivity index (χ3n) is 4.95. The van der Waals surface area contributed by atoms with Crippen LogP contribution in [0.1, 0.15) is 30.3 Å². The van der Waals surface area contributed by atoms with Crippen LogP contribution in [0.5, 0.6) is 0 Å². The van der Waals surface area contributed by atoms with Gasteiger partial charge in [0.1, 0.15) is 29.4 Å². The monoisotopic (exact) mass is 423 g/mol. The number of thioether (sulfide) groups is 1. The number of rotatable bonds is 7. The van der Waals surface area contributed by atoms with E-state index in [0.29, 0.717) is 13.1 Å². The van der Waals surface area contributed by atoms with Gasteiger partial charge in [0.2, 0.25) is 0 Å². The summed E-state index contributed by atoms with van der Waals surface area (Å²) in [6.07, 6.45) is 0. The molecule has 1 fully saturated rings. The number of hydrogen-bond acceptors (Lipinski definition) is 2. The first-order chi connectivity index (χ1) is 13.8. The highest BCUT2D eigenvalue weighted by Crippen LogP contribution is 2.37. The van der Waals surface area contributed by atoms with Crippen molar-refractivity contribution in [2.45, 2.75) is 25.8 Å². The van der Waals surface area contributed by atoms with Crippen molar-refractivity contribution in [3.05, 3.63) is 71.0 Å². The number of halogens is 3. The molecule has 1 unspecified atom stereocenters. The zero-order chi connectivity index (χ0) is 21.0. The highest BCUT2D eigenvalue weighted by molar-refractivity contribution is 7.99. The maximum absolute atomic E-state index is 14.1. The summed E-state index contributed by atoms with van der Waals surface area (Å²) in [5.74, 6) is -0.464. The molecule has 2 atom stereocenters. The van der Waals surface area contributed by atoms with Gasteiger partial charge in [0.05, 0.1) is 12.1 Å². The van der Waals surface area contributed by atoms with E-state index < -0.39 is 11.6 Å². The lowest BCUT2D eigenvalue weighted by molar-refractivity contribution is -0.909. The Labute approximate surface area is 173 Å². The molecule has 0 spiro atoms. The molecule has 1 N–H and O–H groups in total. The van der Waals surface area contributed by atoms with Crippen molar-refractivity contribution in [1.29, 1.82) is 0 Å². The van der Waals surface area contributed by atoms with Crippen LogP contribution in [0.15, 0.2) is 42.5 Å². The van der Waals surface area contributed by atoms with E-state index in [0.717, 1.165) is 16.2 Å². The average Bonchev–Trinajstić information content (AvgIpc) is 3.15. The van der Waals surface area contributed by atoms with Crippen molar-refractivity contribution in [2.75, 3.05) is 25.4 Å². The average molecular weight is 424 g/mol. The smallest absolute Gasteiger partial charge is 0.278 e. The Bertz CT molecular complexity index is 824. The first kappa shape index (κ1) is 21.7. The standard InChI is InChI=1S/C22H25F3N2OS/c1-15(2)12-26(13-18-19(24)4-3-5-20(18)25)14-21(28)27-10-11-29-22(27)16-6-8-17(23)9-7-16/h3-9,15,22H,10-14H2,1-2H3/p+1/t22-/m1/s1. The molecule has 2 aromatic carbocycles. The molecule has 1 heterocycles. The zero-order valence-corrected chi connectivity index (χ0v) is 17.4. The molecule has 29 heavy (non-hydrogen) atoms. The summed E-state index contributed by atoms with van der Waals surface area (Å²) < 4.78 is 41.5. The molecule has 7 heteroatoms. The highest BCUT2D eigenvalue weighted by Gasteiger charge is 2.33. The minimum atomic E-state index is -0.584. The Morgan fingerprint density at radius 3 is 2.41 bits per heavy atom. The summed E-state index contributed by atoms with van der Waals surface area (Å²) in [6, 6.07) is 10.0. The second-order valence-electron chi connectivity index (χ2n) is 7.76. The topological polar surface area (TPSA) is 24.8 Å². The minimum Gasteiger partial charge on any atom is -0.323 e. The molecular weight excluding hydrogens is 397 g/mol. The Morgan fingerprint density at radius 2 is 1.79 bits per heavy atom. The summed E-state index contributed by atoms with van der Waals surface area (Å²) >= 11 is 1.64. The van der Waals surface area contributed by atoms with Crippen molar-refractivity contribution < 1.29 is 22.9 Å². The predicted octanol–water partition coefficient (Wildman–Crippen LogP) is 3.42. The van der Waals surface area contributed by atoms with E-state index in [9.17, 15) is 18.0 Å². The lowest BCUT2D eigenvalue weighted by Gasteiger charge is -2.27. The maximum Gasteiger partial charge on any atom is 0.278 e. The van der Waals surface area contributed by atoms with Crippen LogP contribution < -0.4 is 4.90 Å². The fourth-order valence-electron chi connectivity index (χ4n) is 3.68. The number of nitrogens with one attached hydrogen (secondary N) is 1. The maximum atomic E-state index is 14.1. The van der Waals surface area contributed by atoms with Crippen LogP contribution in [0.4, 0.5) is 13.2 Å². The number of carbonyl (C=O) groups is 1. The van der Waals surface area contributed by atoms with E-state index in [2.05, 4.69) is 0 Å². The summed E-state index contributed by atoms with van der Waals surface area (Å²) in [5.41, 5.74) is 0.898. The van der Waals surface area contributed by atoms with Gasteiger partial charge in [-0.1, -0.05) is 32.0 Å². The molecule has 0 aliphatic carbocycles. The third kappa shape index (κ3) is 5.54. The van der Waals surface area contributed by atoms with Gasteiger partial charge in [-0.05, 0) is 29.8 Å². The molecule has 0 aromatic heterocycles. The molecular formula is C22H26F3N2OS+. The lowest BCUT2D eigenvalue weighted by Crippen LogP contribution is -3.12. The van der Waals surface area contributed by atoms with Crippen molar-refractivity contribution in [3.8, 4) is 0 Å². The van der Waals surface area contributed by atoms with Crippen molar-refractivity contribution in [2.24, 2.45) is 5.92 Å². The lowest BCUT2D eigenvalue weighted by atomic mass is 10.1. The SMILES string of the molecule is CC(C)C[NH+](CC(=O)N1CCS[C@@H]1c1ccc(F)cc1)Cc1c(F)cccc1F. The van der Waals surface area contributed by atoms with Crippen LogP contribution in [-0.2, 0) is 11.3 Å². The summed E-state index contributed by atoms with van der Waals surface area (Å²) in [5, 5.41) is -0.159. The van der Waals surface area contributed by atoms with Crippen LogP contribution in [0.3, 0.4) is 0 Å². The van der Waals surface area contributed by atoms with Gasteiger partial charge in [-0.25, -0.2) is 13.2 Å². The molecule has 2 aromatic rings. The Kier molecular flexibility index (Phi) is 7.24. The van der Waals surface area contributed by atoms with Gasteiger partial charge in [0, 0.05) is 18.2 Å².